The van der Waals surface area contributed by atoms with Crippen molar-refractivity contribution in [3.05, 3.63) is 11.8 Å². The number of rotatable bonds is 8. The number of aromatic nitrogens is 2. The fourth-order valence-corrected chi connectivity index (χ4v) is 2.31. The second-order valence-corrected chi connectivity index (χ2v) is 5.09. The predicted octanol–water partition coefficient (Wildman–Crippen LogP) is 2.83. The van der Waals surface area contributed by atoms with Gasteiger partial charge in [0.15, 0.2) is 5.82 Å². The number of H-pyrrole nitrogens is 1. The highest BCUT2D eigenvalue weighted by molar-refractivity contribution is 7.99. The number of aryl methyl sites for hydroxylation is 1. The van der Waals surface area contributed by atoms with E-state index < -0.39 is 0 Å². The third-order valence-corrected chi connectivity index (χ3v) is 3.34. The Morgan fingerprint density at radius 1 is 1.47 bits per heavy atom. The van der Waals surface area contributed by atoms with Crippen LogP contribution >= 0.6 is 11.8 Å². The van der Waals surface area contributed by atoms with Gasteiger partial charge in [0.25, 0.3) is 0 Å². The fourth-order valence-electron chi connectivity index (χ4n) is 1.41. The highest BCUT2D eigenvalue weighted by Crippen LogP contribution is 2.09. The molecule has 1 amide bonds. The second-order valence-electron chi connectivity index (χ2n) is 3.98. The lowest BCUT2D eigenvalue weighted by Crippen LogP contribution is -2.14. The molecule has 0 aliphatic heterocycles. The average Bonchev–Trinajstić information content (AvgIpc) is 2.73. The molecule has 0 unspecified atom stereocenters. The number of hydrogen-bond acceptors (Lipinski definition) is 3. The molecule has 1 aromatic rings. The summed E-state index contributed by atoms with van der Waals surface area (Å²) < 4.78 is 0. The van der Waals surface area contributed by atoms with Crippen LogP contribution in [0.5, 0.6) is 0 Å². The van der Waals surface area contributed by atoms with E-state index in [-0.39, 0.29) is 5.91 Å². The summed E-state index contributed by atoms with van der Waals surface area (Å²) in [6.45, 7) is 4.27. The topological polar surface area (TPSA) is 57.8 Å². The van der Waals surface area contributed by atoms with Gasteiger partial charge in [-0.3, -0.25) is 9.89 Å². The molecule has 2 N–H and O–H groups in total. The standard InChI is InChI=1S/C12H21N3OS/c1-3-5-7-17-9-12(16)13-11-8-10(6-4-2)14-15-11/h8H,3-7,9H2,1-2H3,(H2,13,14,15,16). The summed E-state index contributed by atoms with van der Waals surface area (Å²) in [5.41, 5.74) is 1.07. The summed E-state index contributed by atoms with van der Waals surface area (Å²) in [5.74, 6) is 2.22. The van der Waals surface area contributed by atoms with E-state index in [1.54, 1.807) is 11.8 Å². The number of carbonyl (C=O) groups excluding carboxylic acids is 1. The molecule has 96 valence electrons. The second kappa shape index (κ2) is 8.17. The maximum absolute atomic E-state index is 11.6. The molecule has 0 saturated carbocycles. The molecule has 1 heterocycles. The highest BCUT2D eigenvalue weighted by Gasteiger charge is 2.05. The largest absolute Gasteiger partial charge is 0.308 e. The van der Waals surface area contributed by atoms with Crippen LogP contribution in [0.25, 0.3) is 0 Å². The summed E-state index contributed by atoms with van der Waals surface area (Å²) in [5, 5.41) is 9.77. The molecule has 0 aromatic carbocycles. The first-order valence-corrected chi connectivity index (χ1v) is 7.33. The van der Waals surface area contributed by atoms with Gasteiger partial charge in [-0.1, -0.05) is 26.7 Å². The molecule has 5 heteroatoms. The third-order valence-electron chi connectivity index (χ3n) is 2.29. The molecule has 0 spiro atoms. The van der Waals surface area contributed by atoms with Crippen LogP contribution in [0, 0.1) is 0 Å². The van der Waals surface area contributed by atoms with Crippen LogP contribution in [0.3, 0.4) is 0 Å². The zero-order chi connectivity index (χ0) is 12.5. The molecule has 0 fully saturated rings. The quantitative estimate of drug-likeness (QED) is 0.702. The number of anilines is 1. The van der Waals surface area contributed by atoms with E-state index in [9.17, 15) is 4.79 Å². The van der Waals surface area contributed by atoms with Gasteiger partial charge >= 0.3 is 0 Å². The van der Waals surface area contributed by atoms with Gasteiger partial charge in [-0.25, -0.2) is 0 Å². The summed E-state index contributed by atoms with van der Waals surface area (Å²) in [6, 6.07) is 1.90. The highest BCUT2D eigenvalue weighted by atomic mass is 32.2. The molecule has 0 aliphatic rings. The van der Waals surface area contributed by atoms with Crippen molar-refractivity contribution in [1.29, 1.82) is 0 Å². The normalized spacial score (nSPS) is 10.5. The zero-order valence-electron chi connectivity index (χ0n) is 10.6. The number of aromatic amines is 1. The molecule has 0 aliphatic carbocycles. The van der Waals surface area contributed by atoms with Crippen LogP contribution in [0.2, 0.25) is 0 Å². The Labute approximate surface area is 107 Å². The van der Waals surface area contributed by atoms with E-state index in [4.69, 9.17) is 0 Å². The van der Waals surface area contributed by atoms with Crippen molar-refractivity contribution in [3.63, 3.8) is 0 Å². The molecule has 4 nitrogen and oxygen atoms in total. The number of nitrogens with one attached hydrogen (secondary N) is 2. The molecule has 1 rings (SSSR count). The first-order valence-electron chi connectivity index (χ1n) is 6.18. The van der Waals surface area contributed by atoms with Gasteiger partial charge in [-0.05, 0) is 18.6 Å². The average molecular weight is 255 g/mol. The van der Waals surface area contributed by atoms with E-state index in [0.29, 0.717) is 11.6 Å². The number of amides is 1. The molecule has 0 saturated heterocycles. The number of hydrogen-bond donors (Lipinski definition) is 2. The van der Waals surface area contributed by atoms with Crippen molar-refractivity contribution in [2.24, 2.45) is 0 Å². The predicted molar refractivity (Wildman–Crippen MR) is 73.4 cm³/mol. The summed E-state index contributed by atoms with van der Waals surface area (Å²) in [7, 11) is 0. The van der Waals surface area contributed by atoms with Crippen LogP contribution in [0.4, 0.5) is 5.82 Å². The summed E-state index contributed by atoms with van der Waals surface area (Å²) in [6.07, 6.45) is 4.38. The number of thioether (sulfide) groups is 1. The smallest absolute Gasteiger partial charge is 0.235 e. The van der Waals surface area contributed by atoms with Gasteiger partial charge in [0.05, 0.1) is 5.75 Å². The van der Waals surface area contributed by atoms with Crippen molar-refractivity contribution < 1.29 is 4.79 Å². The van der Waals surface area contributed by atoms with E-state index in [1.165, 1.54) is 12.8 Å². The maximum Gasteiger partial charge on any atom is 0.235 e. The van der Waals surface area contributed by atoms with Crippen molar-refractivity contribution in [2.75, 3.05) is 16.8 Å². The van der Waals surface area contributed by atoms with Gasteiger partial charge < -0.3 is 5.32 Å². The monoisotopic (exact) mass is 255 g/mol. The number of nitrogens with zero attached hydrogens (tertiary/aromatic N) is 1. The van der Waals surface area contributed by atoms with Gasteiger partial charge in [-0.15, -0.1) is 0 Å². The van der Waals surface area contributed by atoms with Gasteiger partial charge in [0.1, 0.15) is 0 Å². The molecular formula is C12H21N3OS. The van der Waals surface area contributed by atoms with E-state index >= 15 is 0 Å². The first kappa shape index (κ1) is 14.1. The third kappa shape index (κ3) is 5.77. The summed E-state index contributed by atoms with van der Waals surface area (Å²) in [4.78, 5) is 11.6. The number of carbonyl (C=O) groups is 1. The lowest BCUT2D eigenvalue weighted by Gasteiger charge is -2.01. The summed E-state index contributed by atoms with van der Waals surface area (Å²) >= 11 is 1.67. The maximum atomic E-state index is 11.6. The van der Waals surface area contributed by atoms with Gasteiger partial charge in [-0.2, -0.15) is 16.9 Å². The Balaban J connectivity index is 2.24. The number of unbranched alkanes of at least 4 members (excludes halogenated alkanes) is 1. The Kier molecular flexibility index (Phi) is 6.77. The molecule has 0 atom stereocenters. The van der Waals surface area contributed by atoms with Gasteiger partial charge in [0, 0.05) is 11.8 Å². The van der Waals surface area contributed by atoms with Crippen molar-refractivity contribution in [1.82, 2.24) is 10.2 Å². The van der Waals surface area contributed by atoms with Crippen LogP contribution < -0.4 is 5.32 Å². The minimum Gasteiger partial charge on any atom is -0.308 e. The van der Waals surface area contributed by atoms with Crippen molar-refractivity contribution >= 4 is 23.5 Å². The van der Waals surface area contributed by atoms with Crippen molar-refractivity contribution in [3.8, 4) is 0 Å². The first-order chi connectivity index (χ1) is 8.26. The van der Waals surface area contributed by atoms with Crippen molar-refractivity contribution in [2.45, 2.75) is 39.5 Å². The van der Waals surface area contributed by atoms with Crippen LogP contribution in [0.15, 0.2) is 6.07 Å². The Hall–Kier alpha value is -0.970. The SMILES string of the molecule is CCCCSCC(=O)Nc1cc(CCC)[nH]n1. The molecule has 1 aromatic heterocycles. The fraction of sp³-hybridized carbons (Fsp3) is 0.667. The van der Waals surface area contributed by atoms with Crippen LogP contribution in [-0.4, -0.2) is 27.6 Å². The minimum atomic E-state index is 0.0284. The molecular weight excluding hydrogens is 234 g/mol. The van der Waals surface area contributed by atoms with Crippen LogP contribution in [-0.2, 0) is 11.2 Å². The minimum absolute atomic E-state index is 0.0284. The molecule has 0 bridgehead atoms. The lowest BCUT2D eigenvalue weighted by molar-refractivity contribution is -0.113. The van der Waals surface area contributed by atoms with E-state index in [0.717, 1.165) is 24.3 Å². The van der Waals surface area contributed by atoms with Gasteiger partial charge in [0.2, 0.25) is 5.91 Å². The zero-order valence-corrected chi connectivity index (χ0v) is 11.4. The van der Waals surface area contributed by atoms with Crippen LogP contribution in [0.1, 0.15) is 38.8 Å². The Bertz CT molecular complexity index is 338. The van der Waals surface area contributed by atoms with E-state index in [2.05, 4.69) is 29.4 Å². The molecule has 17 heavy (non-hydrogen) atoms. The Morgan fingerprint density at radius 3 is 3.00 bits per heavy atom. The molecule has 0 radical (unpaired) electrons. The van der Waals surface area contributed by atoms with E-state index in [1.807, 2.05) is 6.07 Å². The lowest BCUT2D eigenvalue weighted by atomic mass is 10.2. The Morgan fingerprint density at radius 2 is 2.29 bits per heavy atom.